The van der Waals surface area contributed by atoms with Gasteiger partial charge in [0.2, 0.25) is 0 Å². The van der Waals surface area contributed by atoms with Crippen LogP contribution in [-0.4, -0.2) is 32.0 Å². The van der Waals surface area contributed by atoms with E-state index in [0.717, 1.165) is 0 Å². The van der Waals surface area contributed by atoms with E-state index in [0.29, 0.717) is 10.5 Å². The van der Waals surface area contributed by atoms with Crippen LogP contribution in [0.4, 0.5) is 0 Å². The van der Waals surface area contributed by atoms with E-state index >= 15 is 0 Å². The number of carbonyl (C=O) groups is 1. The summed E-state index contributed by atoms with van der Waals surface area (Å²) >= 11 is 4.34. The van der Waals surface area contributed by atoms with Gasteiger partial charge >= 0.3 is 5.97 Å². The van der Waals surface area contributed by atoms with Crippen molar-refractivity contribution in [1.29, 1.82) is 0 Å². The van der Waals surface area contributed by atoms with E-state index in [2.05, 4.69) is 21.0 Å². The van der Waals surface area contributed by atoms with Gasteiger partial charge in [0.15, 0.2) is 9.33 Å². The summed E-state index contributed by atoms with van der Waals surface area (Å²) in [6.45, 7) is 2.48. The number of rotatable bonds is 2. The third-order valence-corrected chi connectivity index (χ3v) is 2.89. The van der Waals surface area contributed by atoms with E-state index in [1.807, 2.05) is 6.92 Å². The molecule has 62 valence electrons. The number of hydrogen-bond donors (Lipinski definition) is 1. The highest BCUT2D eigenvalue weighted by Gasteiger charge is 2.31. The molecule has 0 aromatic carbocycles. The highest BCUT2D eigenvalue weighted by Crippen LogP contribution is 2.28. The van der Waals surface area contributed by atoms with Crippen molar-refractivity contribution in [3.05, 3.63) is 0 Å². The molecule has 0 aromatic heterocycles. The Hall–Kier alpha value is -0.230. The molecule has 0 radical (unpaired) electrons. The van der Waals surface area contributed by atoms with Gasteiger partial charge in [0, 0.05) is 6.54 Å². The highest BCUT2D eigenvalue weighted by molar-refractivity contribution is 9.22. The number of hydrogen-bond acceptors (Lipinski definition) is 4. The predicted octanol–water partition coefficient (Wildman–Crippen LogP) is 1.13. The van der Waals surface area contributed by atoms with Crippen LogP contribution in [0.2, 0.25) is 0 Å². The summed E-state index contributed by atoms with van der Waals surface area (Å²) in [6, 6.07) is 0. The average Bonchev–Trinajstić information content (AvgIpc) is 2.30. The maximum Gasteiger partial charge on any atom is 0.338 e. The van der Waals surface area contributed by atoms with Gasteiger partial charge in [-0.3, -0.25) is 5.01 Å². The third-order valence-electron chi connectivity index (χ3n) is 1.22. The molecule has 1 N–H and O–H groups in total. The topological polar surface area (TPSA) is 52.9 Å². The van der Waals surface area contributed by atoms with Crippen LogP contribution in [-0.2, 0) is 4.79 Å². The average molecular weight is 239 g/mol. The Bertz CT molecular complexity index is 209. The minimum Gasteiger partial charge on any atom is -0.479 e. The van der Waals surface area contributed by atoms with Crippen LogP contribution in [0, 0.1) is 0 Å². The summed E-state index contributed by atoms with van der Waals surface area (Å²) in [7, 11) is 0. The van der Waals surface area contributed by atoms with Gasteiger partial charge in [-0.15, -0.1) is 0 Å². The molecular weight excluding hydrogens is 232 g/mol. The molecule has 0 saturated carbocycles. The van der Waals surface area contributed by atoms with Crippen molar-refractivity contribution in [2.24, 2.45) is 5.10 Å². The Morgan fingerprint density at radius 3 is 3.00 bits per heavy atom. The quantitative estimate of drug-likeness (QED) is 0.784. The lowest BCUT2D eigenvalue weighted by Crippen LogP contribution is -2.31. The molecule has 0 aromatic rings. The molecule has 0 spiro atoms. The van der Waals surface area contributed by atoms with Gasteiger partial charge in [-0.2, -0.15) is 5.10 Å². The number of nitrogens with zero attached hydrogens (tertiary/aromatic N) is 2. The maximum atomic E-state index is 10.6. The Morgan fingerprint density at radius 1 is 2.00 bits per heavy atom. The summed E-state index contributed by atoms with van der Waals surface area (Å²) in [5, 5.41) is 13.6. The first-order valence-electron chi connectivity index (χ1n) is 3.05. The van der Waals surface area contributed by atoms with Crippen LogP contribution in [0.25, 0.3) is 0 Å². The van der Waals surface area contributed by atoms with E-state index < -0.39 is 11.3 Å². The second kappa shape index (κ2) is 3.44. The van der Waals surface area contributed by atoms with Crippen molar-refractivity contribution in [2.75, 3.05) is 6.54 Å². The molecule has 1 aliphatic rings. The number of carboxylic acid groups (broad SMARTS) is 1. The maximum absolute atomic E-state index is 10.6. The second-order valence-corrected chi connectivity index (χ2v) is 4.26. The van der Waals surface area contributed by atoms with Crippen molar-refractivity contribution in [3.8, 4) is 0 Å². The fraction of sp³-hybridized carbons (Fsp3) is 0.600. The van der Waals surface area contributed by atoms with E-state index in [1.165, 1.54) is 16.8 Å². The summed E-state index contributed by atoms with van der Waals surface area (Å²) in [5.41, 5.74) is 0. The second-order valence-electron chi connectivity index (χ2n) is 1.92. The monoisotopic (exact) mass is 238 g/mol. The number of likely N-dealkylation sites (N-methyl/N-ethyl adjacent to an activating group) is 1. The van der Waals surface area contributed by atoms with Gasteiger partial charge < -0.3 is 5.11 Å². The number of carboxylic acids is 1. The molecule has 11 heavy (non-hydrogen) atoms. The Kier molecular flexibility index (Phi) is 2.78. The minimum absolute atomic E-state index is 0.561. The van der Waals surface area contributed by atoms with Gasteiger partial charge in [-0.1, -0.05) is 11.8 Å². The summed E-state index contributed by atoms with van der Waals surface area (Å²) in [6.07, 6.45) is 0. The SMILES string of the molecule is CCN1N=C(Br)SC1C(=O)O. The summed E-state index contributed by atoms with van der Waals surface area (Å²) in [5.74, 6) is -0.852. The van der Waals surface area contributed by atoms with Crippen LogP contribution in [0.5, 0.6) is 0 Å². The zero-order chi connectivity index (χ0) is 8.43. The van der Waals surface area contributed by atoms with Crippen LogP contribution in [0.3, 0.4) is 0 Å². The van der Waals surface area contributed by atoms with Gasteiger partial charge in [-0.05, 0) is 22.9 Å². The zero-order valence-corrected chi connectivity index (χ0v) is 8.22. The van der Waals surface area contributed by atoms with E-state index in [9.17, 15) is 4.79 Å². The first kappa shape index (κ1) is 8.86. The van der Waals surface area contributed by atoms with Crippen LogP contribution in [0.15, 0.2) is 5.10 Å². The summed E-state index contributed by atoms with van der Waals surface area (Å²) in [4.78, 5) is 10.6. The fourth-order valence-corrected chi connectivity index (χ4v) is 2.23. The van der Waals surface area contributed by atoms with E-state index in [1.54, 1.807) is 0 Å². The number of thioether (sulfide) groups is 1. The van der Waals surface area contributed by atoms with Crippen molar-refractivity contribution >= 4 is 37.6 Å². The predicted molar refractivity (Wildman–Crippen MR) is 47.8 cm³/mol. The molecule has 0 saturated heterocycles. The van der Waals surface area contributed by atoms with Crippen molar-refractivity contribution in [3.63, 3.8) is 0 Å². The first-order chi connectivity index (χ1) is 5.15. The standard InChI is InChI=1S/C5H7BrN2O2S/c1-2-8-3(4(9)10)11-5(6)7-8/h3H,2H2,1H3,(H,9,10). The molecule has 1 rings (SSSR count). The van der Waals surface area contributed by atoms with Gasteiger partial charge in [0.25, 0.3) is 0 Å². The molecule has 1 aliphatic heterocycles. The van der Waals surface area contributed by atoms with Crippen molar-refractivity contribution in [1.82, 2.24) is 5.01 Å². The van der Waals surface area contributed by atoms with Crippen molar-refractivity contribution < 1.29 is 9.90 Å². The molecule has 0 amide bonds. The molecule has 1 atom stereocenters. The molecule has 0 fully saturated rings. The fourth-order valence-electron chi connectivity index (χ4n) is 0.744. The molecule has 6 heteroatoms. The smallest absolute Gasteiger partial charge is 0.338 e. The molecule has 4 nitrogen and oxygen atoms in total. The minimum atomic E-state index is -0.852. The van der Waals surface area contributed by atoms with Crippen LogP contribution >= 0.6 is 27.7 Å². The molecular formula is C5H7BrN2O2S. The Morgan fingerprint density at radius 2 is 2.64 bits per heavy atom. The summed E-state index contributed by atoms with van der Waals surface area (Å²) < 4.78 is 0.631. The Balaban J connectivity index is 2.66. The lowest BCUT2D eigenvalue weighted by molar-refractivity contribution is -0.139. The number of halogens is 1. The van der Waals surface area contributed by atoms with Gasteiger partial charge in [0.05, 0.1) is 0 Å². The van der Waals surface area contributed by atoms with Crippen molar-refractivity contribution in [2.45, 2.75) is 12.3 Å². The lowest BCUT2D eigenvalue weighted by Gasteiger charge is -2.15. The number of aliphatic carboxylic acids is 1. The highest BCUT2D eigenvalue weighted by atomic mass is 79.9. The zero-order valence-electron chi connectivity index (χ0n) is 5.82. The normalized spacial score (nSPS) is 23.6. The Labute approximate surface area is 76.8 Å². The van der Waals surface area contributed by atoms with Gasteiger partial charge in [0.1, 0.15) is 0 Å². The first-order valence-corrected chi connectivity index (χ1v) is 4.72. The van der Waals surface area contributed by atoms with E-state index in [-0.39, 0.29) is 0 Å². The molecule has 1 heterocycles. The largest absolute Gasteiger partial charge is 0.479 e. The number of hydrazone groups is 1. The van der Waals surface area contributed by atoms with Crippen LogP contribution < -0.4 is 0 Å². The lowest BCUT2D eigenvalue weighted by atomic mass is 10.6. The van der Waals surface area contributed by atoms with Gasteiger partial charge in [-0.25, -0.2) is 4.79 Å². The molecule has 0 aliphatic carbocycles. The third kappa shape index (κ3) is 1.87. The van der Waals surface area contributed by atoms with Crippen LogP contribution in [0.1, 0.15) is 6.92 Å². The molecule has 0 bridgehead atoms. The molecule has 1 unspecified atom stereocenters. The van der Waals surface area contributed by atoms with E-state index in [4.69, 9.17) is 5.11 Å².